The molecule has 1 atom stereocenters. The first-order chi connectivity index (χ1) is 9.19. The lowest BCUT2D eigenvalue weighted by Crippen LogP contribution is -2.23. The molecule has 1 aromatic heterocycles. The molecule has 0 bridgehead atoms. The molecule has 0 saturated heterocycles. The van der Waals surface area contributed by atoms with Crippen molar-refractivity contribution in [2.24, 2.45) is 5.92 Å². The van der Waals surface area contributed by atoms with Crippen molar-refractivity contribution in [1.82, 2.24) is 5.32 Å². The summed E-state index contributed by atoms with van der Waals surface area (Å²) in [6.45, 7) is 3.21. The molecule has 2 aromatic rings. The third-order valence-corrected chi connectivity index (χ3v) is 4.31. The summed E-state index contributed by atoms with van der Waals surface area (Å²) in [7, 11) is 0. The summed E-state index contributed by atoms with van der Waals surface area (Å²) in [5, 5.41) is 5.33. The number of rotatable bonds is 5. The first kappa shape index (κ1) is 13.5. The Balaban J connectivity index is 1.96. The monoisotopic (exact) mass is 341 g/mol. The van der Waals surface area contributed by atoms with E-state index in [1.165, 1.54) is 12.8 Å². The quantitative estimate of drug-likeness (QED) is 0.797. The van der Waals surface area contributed by atoms with Gasteiger partial charge in [-0.1, -0.05) is 34.5 Å². The molecule has 1 aromatic carbocycles. The fraction of sp³-hybridized carbons (Fsp3) is 0.467. The standard InChI is InChI=1S/C15H17BrClNO/c1-2-5-18-14(9-3-4-9)13-7-10-6-11(16)8-12(17)15(10)19-13/h6-9,14,18H,2-5H2,1H3. The molecule has 1 N–H and O–H groups in total. The van der Waals surface area contributed by atoms with Gasteiger partial charge >= 0.3 is 0 Å². The molecule has 0 spiro atoms. The minimum absolute atomic E-state index is 0.335. The van der Waals surface area contributed by atoms with E-state index in [2.05, 4.69) is 40.3 Å². The largest absolute Gasteiger partial charge is 0.458 e. The normalized spacial score (nSPS) is 17.0. The zero-order chi connectivity index (χ0) is 13.4. The minimum atomic E-state index is 0.335. The third kappa shape index (κ3) is 2.83. The zero-order valence-corrected chi connectivity index (χ0v) is 13.2. The molecule has 0 aliphatic heterocycles. The van der Waals surface area contributed by atoms with Crippen molar-refractivity contribution in [1.29, 1.82) is 0 Å². The van der Waals surface area contributed by atoms with Gasteiger partial charge in [0.1, 0.15) is 5.76 Å². The molecule has 1 fully saturated rings. The summed E-state index contributed by atoms with van der Waals surface area (Å²) in [5.41, 5.74) is 0.795. The van der Waals surface area contributed by atoms with Gasteiger partial charge in [0.05, 0.1) is 11.1 Å². The highest BCUT2D eigenvalue weighted by atomic mass is 79.9. The van der Waals surface area contributed by atoms with Crippen molar-refractivity contribution in [2.75, 3.05) is 6.54 Å². The maximum absolute atomic E-state index is 6.24. The SMILES string of the molecule is CCCNC(c1cc2cc(Br)cc(Cl)c2o1)C1CC1. The van der Waals surface area contributed by atoms with Crippen molar-refractivity contribution < 1.29 is 4.42 Å². The molecular weight excluding hydrogens is 326 g/mol. The second-order valence-corrected chi connectivity index (χ2v) is 6.55. The van der Waals surface area contributed by atoms with Gasteiger partial charge in [0.25, 0.3) is 0 Å². The van der Waals surface area contributed by atoms with Crippen LogP contribution in [0, 0.1) is 5.92 Å². The number of benzene rings is 1. The number of hydrogen-bond acceptors (Lipinski definition) is 2. The van der Waals surface area contributed by atoms with Gasteiger partial charge in [-0.15, -0.1) is 0 Å². The first-order valence-electron chi connectivity index (χ1n) is 6.81. The van der Waals surface area contributed by atoms with E-state index in [0.29, 0.717) is 17.0 Å². The van der Waals surface area contributed by atoms with Crippen LogP contribution in [0.25, 0.3) is 11.0 Å². The molecule has 0 radical (unpaired) electrons. The second kappa shape index (κ2) is 5.47. The summed E-state index contributed by atoms with van der Waals surface area (Å²) < 4.78 is 6.99. The van der Waals surface area contributed by atoms with Crippen LogP contribution >= 0.6 is 27.5 Å². The van der Waals surface area contributed by atoms with E-state index in [9.17, 15) is 0 Å². The molecular formula is C15H17BrClNO. The van der Waals surface area contributed by atoms with Crippen LogP contribution in [0.4, 0.5) is 0 Å². The summed E-state index contributed by atoms with van der Waals surface area (Å²) in [5.74, 6) is 1.74. The molecule has 4 heteroatoms. The average Bonchev–Trinajstić information content (AvgIpc) is 3.10. The van der Waals surface area contributed by atoms with Crippen LogP contribution in [0.15, 0.2) is 27.1 Å². The maximum Gasteiger partial charge on any atom is 0.153 e. The third-order valence-electron chi connectivity index (χ3n) is 3.57. The van der Waals surface area contributed by atoms with E-state index in [4.69, 9.17) is 16.0 Å². The van der Waals surface area contributed by atoms with Crippen LogP contribution in [0.2, 0.25) is 5.02 Å². The number of hydrogen-bond donors (Lipinski definition) is 1. The van der Waals surface area contributed by atoms with Crippen LogP contribution in [0.3, 0.4) is 0 Å². The Labute approximate surface area is 126 Å². The van der Waals surface area contributed by atoms with Crippen LogP contribution in [0.1, 0.15) is 38.0 Å². The van der Waals surface area contributed by atoms with Crippen LogP contribution in [0.5, 0.6) is 0 Å². The van der Waals surface area contributed by atoms with E-state index < -0.39 is 0 Å². The van der Waals surface area contributed by atoms with Gasteiger partial charge in [0, 0.05) is 9.86 Å². The van der Waals surface area contributed by atoms with E-state index in [0.717, 1.165) is 34.2 Å². The molecule has 19 heavy (non-hydrogen) atoms. The topological polar surface area (TPSA) is 25.2 Å². The summed E-state index contributed by atoms with van der Waals surface area (Å²) in [6, 6.07) is 6.39. The highest BCUT2D eigenvalue weighted by Crippen LogP contribution is 2.43. The van der Waals surface area contributed by atoms with Gasteiger partial charge in [0.2, 0.25) is 0 Å². The Morgan fingerprint density at radius 3 is 2.89 bits per heavy atom. The van der Waals surface area contributed by atoms with Crippen LogP contribution in [-0.4, -0.2) is 6.54 Å². The molecule has 1 unspecified atom stereocenters. The summed E-state index contributed by atoms with van der Waals surface area (Å²) >= 11 is 9.71. The predicted molar refractivity (Wildman–Crippen MR) is 82.7 cm³/mol. The Bertz CT molecular complexity index is 591. The van der Waals surface area contributed by atoms with Crippen molar-refractivity contribution >= 4 is 38.5 Å². The number of furan rings is 1. The van der Waals surface area contributed by atoms with E-state index in [1.54, 1.807) is 0 Å². The predicted octanol–water partition coefficient (Wildman–Crippen LogP) is 5.30. The molecule has 3 rings (SSSR count). The maximum atomic E-state index is 6.24. The Morgan fingerprint density at radius 2 is 2.21 bits per heavy atom. The van der Waals surface area contributed by atoms with E-state index >= 15 is 0 Å². The number of nitrogens with one attached hydrogen (secondary N) is 1. The molecule has 1 aliphatic rings. The molecule has 1 aliphatic carbocycles. The number of halogens is 2. The summed E-state index contributed by atoms with van der Waals surface area (Å²) in [4.78, 5) is 0. The second-order valence-electron chi connectivity index (χ2n) is 5.22. The molecule has 2 nitrogen and oxygen atoms in total. The van der Waals surface area contributed by atoms with Crippen LogP contribution in [-0.2, 0) is 0 Å². The lowest BCUT2D eigenvalue weighted by molar-refractivity contribution is 0.397. The lowest BCUT2D eigenvalue weighted by atomic mass is 10.1. The Hall–Kier alpha value is -0.510. The average molecular weight is 343 g/mol. The van der Waals surface area contributed by atoms with Gasteiger partial charge in [-0.3, -0.25) is 0 Å². The minimum Gasteiger partial charge on any atom is -0.458 e. The molecule has 1 saturated carbocycles. The Morgan fingerprint density at radius 1 is 1.42 bits per heavy atom. The lowest BCUT2D eigenvalue weighted by Gasteiger charge is -2.14. The fourth-order valence-corrected chi connectivity index (χ4v) is 3.35. The van der Waals surface area contributed by atoms with Gasteiger partial charge < -0.3 is 9.73 Å². The zero-order valence-electron chi connectivity index (χ0n) is 10.9. The van der Waals surface area contributed by atoms with E-state index in [1.807, 2.05) is 6.07 Å². The smallest absolute Gasteiger partial charge is 0.153 e. The molecule has 1 heterocycles. The van der Waals surface area contributed by atoms with Crippen molar-refractivity contribution in [3.8, 4) is 0 Å². The number of fused-ring (bicyclic) bond motifs is 1. The Kier molecular flexibility index (Phi) is 3.88. The van der Waals surface area contributed by atoms with Crippen molar-refractivity contribution in [3.63, 3.8) is 0 Å². The molecule has 0 amide bonds. The highest BCUT2D eigenvalue weighted by molar-refractivity contribution is 9.10. The fourth-order valence-electron chi connectivity index (χ4n) is 2.48. The van der Waals surface area contributed by atoms with Gasteiger partial charge in [-0.25, -0.2) is 0 Å². The molecule has 102 valence electrons. The van der Waals surface area contributed by atoms with E-state index in [-0.39, 0.29) is 0 Å². The van der Waals surface area contributed by atoms with Gasteiger partial charge in [-0.2, -0.15) is 0 Å². The van der Waals surface area contributed by atoms with Crippen molar-refractivity contribution in [2.45, 2.75) is 32.2 Å². The van der Waals surface area contributed by atoms with Gasteiger partial charge in [0.15, 0.2) is 5.58 Å². The van der Waals surface area contributed by atoms with Gasteiger partial charge in [-0.05, 0) is 49.9 Å². The highest BCUT2D eigenvalue weighted by Gasteiger charge is 2.34. The van der Waals surface area contributed by atoms with Crippen LogP contribution < -0.4 is 5.32 Å². The van der Waals surface area contributed by atoms with Crippen molar-refractivity contribution in [3.05, 3.63) is 33.5 Å². The summed E-state index contributed by atoms with van der Waals surface area (Å²) in [6.07, 6.45) is 3.71. The first-order valence-corrected chi connectivity index (χ1v) is 7.98.